The first-order valence-electron chi connectivity index (χ1n) is 13.4. The standard InChI is InChI=1S/C30H34N2O4/c1-31(25(34)12-9-19-5-3-2-4-6-19)22-13-14-30(35)24-17-21-10-11-23(33)27-26(21)29(30,28(22)36-27)15-16-32(24)18-20-7-8-20/h2-6,9-12,20,22,24,28,33,35H,7-8,13-18H2,1H3/b12-9+/t22?,24-,28?,29+,30-/m1/s1. The minimum absolute atomic E-state index is 0.0425. The Hall–Kier alpha value is -2.83. The first-order chi connectivity index (χ1) is 17.4. The van der Waals surface area contributed by atoms with Gasteiger partial charge in [0.2, 0.25) is 5.91 Å². The highest BCUT2D eigenvalue weighted by molar-refractivity contribution is 5.92. The Kier molecular flexibility index (Phi) is 4.87. The van der Waals surface area contributed by atoms with Crippen LogP contribution < -0.4 is 4.74 Å². The molecule has 0 radical (unpaired) electrons. The molecule has 2 aliphatic heterocycles. The lowest BCUT2D eigenvalue weighted by Gasteiger charge is -2.64. The zero-order valence-corrected chi connectivity index (χ0v) is 20.8. The van der Waals surface area contributed by atoms with Crippen molar-refractivity contribution in [3.05, 3.63) is 65.2 Å². The molecular weight excluding hydrogens is 452 g/mol. The third-order valence-corrected chi connectivity index (χ3v) is 9.79. The highest BCUT2D eigenvalue weighted by Gasteiger charge is 2.73. The van der Waals surface area contributed by atoms with Crippen LogP contribution >= 0.6 is 0 Å². The average Bonchev–Trinajstić information content (AvgIpc) is 3.63. The van der Waals surface area contributed by atoms with Gasteiger partial charge in [-0.05, 0) is 74.3 Å². The molecule has 0 aromatic heterocycles. The lowest BCUT2D eigenvalue weighted by atomic mass is 9.48. The Morgan fingerprint density at radius 3 is 2.75 bits per heavy atom. The Morgan fingerprint density at radius 1 is 1.17 bits per heavy atom. The summed E-state index contributed by atoms with van der Waals surface area (Å²) in [5, 5.41) is 23.4. The van der Waals surface area contributed by atoms with Crippen LogP contribution in [-0.2, 0) is 16.6 Å². The first-order valence-corrected chi connectivity index (χ1v) is 13.4. The van der Waals surface area contributed by atoms with Gasteiger partial charge in [0, 0.05) is 31.3 Å². The number of likely N-dealkylation sites (tertiary alicyclic amines) is 1. The summed E-state index contributed by atoms with van der Waals surface area (Å²) < 4.78 is 6.60. The molecule has 3 fully saturated rings. The van der Waals surface area contributed by atoms with E-state index in [0.717, 1.165) is 43.0 Å². The summed E-state index contributed by atoms with van der Waals surface area (Å²) in [4.78, 5) is 17.6. The van der Waals surface area contributed by atoms with Crippen LogP contribution in [0, 0.1) is 5.92 Å². The van der Waals surface area contributed by atoms with E-state index in [-0.39, 0.29) is 29.8 Å². The number of benzene rings is 2. The number of rotatable bonds is 5. The second-order valence-corrected chi connectivity index (χ2v) is 11.6. The maximum absolute atomic E-state index is 13.3. The molecule has 1 spiro atoms. The molecule has 6 nitrogen and oxygen atoms in total. The second kappa shape index (κ2) is 7.83. The summed E-state index contributed by atoms with van der Waals surface area (Å²) >= 11 is 0. The minimum Gasteiger partial charge on any atom is -0.504 e. The summed E-state index contributed by atoms with van der Waals surface area (Å²) in [5.74, 6) is 1.34. The van der Waals surface area contributed by atoms with Crippen LogP contribution in [0.4, 0.5) is 0 Å². The minimum atomic E-state index is -0.933. The molecule has 2 N–H and O–H groups in total. The van der Waals surface area contributed by atoms with Gasteiger partial charge in [0.15, 0.2) is 11.5 Å². The summed E-state index contributed by atoms with van der Waals surface area (Å²) in [7, 11) is 1.85. The van der Waals surface area contributed by atoms with Crippen molar-refractivity contribution in [1.29, 1.82) is 0 Å². The van der Waals surface area contributed by atoms with Gasteiger partial charge < -0.3 is 19.8 Å². The van der Waals surface area contributed by atoms with Crippen LogP contribution in [0.3, 0.4) is 0 Å². The Bertz CT molecular complexity index is 1240. The molecule has 7 rings (SSSR count). The number of carbonyl (C=O) groups is 1. The van der Waals surface area contributed by atoms with E-state index in [9.17, 15) is 15.0 Å². The normalized spacial score (nSPS) is 34.3. The third-order valence-electron chi connectivity index (χ3n) is 9.79. The molecule has 2 bridgehead atoms. The van der Waals surface area contributed by atoms with Gasteiger partial charge >= 0.3 is 0 Å². The van der Waals surface area contributed by atoms with Crippen molar-refractivity contribution in [2.24, 2.45) is 5.92 Å². The maximum Gasteiger partial charge on any atom is 0.246 e. The van der Waals surface area contributed by atoms with Crippen molar-refractivity contribution in [1.82, 2.24) is 9.80 Å². The molecule has 3 aliphatic carbocycles. The largest absolute Gasteiger partial charge is 0.504 e. The monoisotopic (exact) mass is 486 g/mol. The van der Waals surface area contributed by atoms with Crippen molar-refractivity contribution >= 4 is 12.0 Å². The van der Waals surface area contributed by atoms with Crippen molar-refractivity contribution < 1.29 is 19.7 Å². The van der Waals surface area contributed by atoms with Gasteiger partial charge in [-0.15, -0.1) is 0 Å². The number of aliphatic hydroxyl groups is 1. The van der Waals surface area contributed by atoms with Gasteiger partial charge in [0.1, 0.15) is 6.10 Å². The maximum atomic E-state index is 13.3. The number of phenolic OH excluding ortho intramolecular Hbond substituents is 1. The smallest absolute Gasteiger partial charge is 0.246 e. The van der Waals surface area contributed by atoms with Gasteiger partial charge in [-0.2, -0.15) is 0 Å². The Balaban J connectivity index is 1.26. The summed E-state index contributed by atoms with van der Waals surface area (Å²) in [5.41, 5.74) is 1.62. The number of piperidine rings is 1. The van der Waals surface area contributed by atoms with Crippen LogP contribution in [0.5, 0.6) is 11.5 Å². The van der Waals surface area contributed by atoms with Crippen molar-refractivity contribution in [3.8, 4) is 11.5 Å². The molecule has 2 heterocycles. The fourth-order valence-corrected chi connectivity index (χ4v) is 7.86. The fraction of sp³-hybridized carbons (Fsp3) is 0.500. The molecule has 2 aromatic rings. The van der Waals surface area contributed by atoms with E-state index in [1.807, 2.05) is 49.5 Å². The molecule has 6 heteroatoms. The number of amides is 1. The summed E-state index contributed by atoms with van der Waals surface area (Å²) in [6, 6.07) is 13.4. The molecule has 2 saturated carbocycles. The molecule has 1 amide bonds. The molecule has 188 valence electrons. The van der Waals surface area contributed by atoms with Crippen LogP contribution in [0.2, 0.25) is 0 Å². The number of hydrogen-bond acceptors (Lipinski definition) is 5. The first kappa shape index (κ1) is 22.4. The highest BCUT2D eigenvalue weighted by Crippen LogP contribution is 2.66. The summed E-state index contributed by atoms with van der Waals surface area (Å²) in [6.07, 6.45) is 8.51. The van der Waals surface area contributed by atoms with Gasteiger partial charge in [-0.25, -0.2) is 0 Å². The number of carbonyl (C=O) groups excluding carboxylic acids is 1. The van der Waals surface area contributed by atoms with E-state index < -0.39 is 11.0 Å². The van der Waals surface area contributed by atoms with E-state index in [1.54, 1.807) is 17.0 Å². The number of nitrogens with zero attached hydrogens (tertiary/aromatic N) is 2. The van der Waals surface area contributed by atoms with E-state index in [0.29, 0.717) is 18.6 Å². The van der Waals surface area contributed by atoms with Crippen molar-refractivity contribution in [2.45, 2.75) is 67.7 Å². The number of hydrogen-bond donors (Lipinski definition) is 2. The highest BCUT2D eigenvalue weighted by atomic mass is 16.5. The van der Waals surface area contributed by atoms with E-state index in [4.69, 9.17) is 4.74 Å². The van der Waals surface area contributed by atoms with Crippen molar-refractivity contribution in [2.75, 3.05) is 20.1 Å². The molecule has 1 saturated heterocycles. The topological polar surface area (TPSA) is 73.2 Å². The van der Waals surface area contributed by atoms with Crippen LogP contribution in [-0.4, -0.2) is 69.8 Å². The molecule has 2 aromatic carbocycles. The average molecular weight is 487 g/mol. The predicted octanol–water partition coefficient (Wildman–Crippen LogP) is 3.50. The van der Waals surface area contributed by atoms with Crippen LogP contribution in [0.25, 0.3) is 6.08 Å². The van der Waals surface area contributed by atoms with Gasteiger partial charge in [0.05, 0.1) is 17.1 Å². The zero-order chi connectivity index (χ0) is 24.7. The van der Waals surface area contributed by atoms with Crippen LogP contribution in [0.1, 0.15) is 48.8 Å². The molecular formula is C30H34N2O4. The van der Waals surface area contributed by atoms with E-state index in [1.165, 1.54) is 18.4 Å². The number of aromatic hydroxyl groups is 1. The van der Waals surface area contributed by atoms with Gasteiger partial charge in [-0.3, -0.25) is 9.69 Å². The zero-order valence-electron chi connectivity index (χ0n) is 20.8. The molecule has 5 atom stereocenters. The van der Waals surface area contributed by atoms with Crippen molar-refractivity contribution in [3.63, 3.8) is 0 Å². The quantitative estimate of drug-likeness (QED) is 0.633. The number of ether oxygens (including phenoxy) is 1. The van der Waals surface area contributed by atoms with Gasteiger partial charge in [0.25, 0.3) is 0 Å². The number of phenols is 1. The SMILES string of the molecule is CN(C(=O)/C=C/c1ccccc1)C1CC[C@@]2(O)[C@H]3Cc4ccc(O)c5c4[C@@]2(CCN3CC2CC2)C1O5. The molecule has 2 unspecified atom stereocenters. The lowest BCUT2D eigenvalue weighted by molar-refractivity contribution is -0.200. The van der Waals surface area contributed by atoms with E-state index >= 15 is 0 Å². The van der Waals surface area contributed by atoms with E-state index in [2.05, 4.69) is 4.90 Å². The Labute approximate surface area is 212 Å². The van der Waals surface area contributed by atoms with Crippen LogP contribution in [0.15, 0.2) is 48.5 Å². The summed E-state index contributed by atoms with van der Waals surface area (Å²) in [6.45, 7) is 1.97. The lowest BCUT2D eigenvalue weighted by Crippen LogP contribution is -2.78. The predicted molar refractivity (Wildman–Crippen MR) is 137 cm³/mol. The molecule has 36 heavy (non-hydrogen) atoms. The Morgan fingerprint density at radius 2 is 1.97 bits per heavy atom. The number of likely N-dealkylation sites (N-methyl/N-ethyl adjacent to an activating group) is 1. The van der Waals surface area contributed by atoms with Gasteiger partial charge in [-0.1, -0.05) is 36.4 Å². The second-order valence-electron chi connectivity index (χ2n) is 11.6. The fourth-order valence-electron chi connectivity index (χ4n) is 7.86. The molecule has 5 aliphatic rings. The third kappa shape index (κ3) is 3.00.